The molecule has 5 N–H and O–H groups in total. The van der Waals surface area contributed by atoms with E-state index in [0.29, 0.717) is 6.54 Å². The second-order valence-electron chi connectivity index (χ2n) is 3.85. The third-order valence-electron chi connectivity index (χ3n) is 2.47. The number of nitrogens with two attached hydrogens (primary N) is 1. The molecule has 2 rings (SSSR count). The molecule has 1 amide bonds. The average Bonchev–Trinajstić information content (AvgIpc) is 2.63. The molecule has 1 aromatic carbocycles. The summed E-state index contributed by atoms with van der Waals surface area (Å²) >= 11 is 0. The Balaban J connectivity index is 1.99. The summed E-state index contributed by atoms with van der Waals surface area (Å²) in [5.41, 5.74) is 7.48. The Hall–Kier alpha value is -2.08. The molecule has 0 spiro atoms. The van der Waals surface area contributed by atoms with Crippen LogP contribution in [0.1, 0.15) is 5.56 Å². The number of hydrogen-bond donors (Lipinski definition) is 4. The molecular weight excluding hydrogens is 220 g/mol. The molecule has 6 nitrogen and oxygen atoms in total. The minimum absolute atomic E-state index is 0.184. The zero-order chi connectivity index (χ0) is 12.3. The van der Waals surface area contributed by atoms with E-state index in [9.17, 15) is 9.59 Å². The van der Waals surface area contributed by atoms with Crippen LogP contribution >= 0.6 is 0 Å². The molecule has 0 aliphatic heterocycles. The lowest BCUT2D eigenvalue weighted by atomic mass is 10.1. The third-order valence-corrected chi connectivity index (χ3v) is 2.47. The quantitative estimate of drug-likeness (QED) is 0.523. The van der Waals surface area contributed by atoms with Gasteiger partial charge in [-0.3, -0.25) is 4.79 Å². The number of aromatic amines is 2. The highest BCUT2D eigenvalue weighted by Gasteiger charge is 2.00. The molecule has 1 aromatic heterocycles. The highest BCUT2D eigenvalue weighted by molar-refractivity contribution is 5.76. The van der Waals surface area contributed by atoms with Crippen molar-refractivity contribution in [3.63, 3.8) is 0 Å². The fraction of sp³-hybridized carbons (Fsp3) is 0.273. The van der Waals surface area contributed by atoms with E-state index in [1.165, 1.54) is 0 Å². The van der Waals surface area contributed by atoms with E-state index in [2.05, 4.69) is 15.3 Å². The molecule has 1 heterocycles. The second kappa shape index (κ2) is 4.84. The fourth-order valence-corrected chi connectivity index (χ4v) is 1.68. The highest BCUT2D eigenvalue weighted by Crippen LogP contribution is 2.10. The van der Waals surface area contributed by atoms with E-state index < -0.39 is 0 Å². The van der Waals surface area contributed by atoms with Crippen LogP contribution in [0.15, 0.2) is 23.0 Å². The summed E-state index contributed by atoms with van der Waals surface area (Å²) in [6.45, 7) is 0.854. The van der Waals surface area contributed by atoms with Crippen molar-refractivity contribution in [3.8, 4) is 0 Å². The van der Waals surface area contributed by atoms with Gasteiger partial charge in [-0.1, -0.05) is 6.07 Å². The van der Waals surface area contributed by atoms with Crippen LogP contribution < -0.4 is 16.7 Å². The molecule has 6 heteroatoms. The van der Waals surface area contributed by atoms with E-state index in [0.717, 1.165) is 23.0 Å². The van der Waals surface area contributed by atoms with Gasteiger partial charge in [0.25, 0.3) is 0 Å². The Morgan fingerprint density at radius 2 is 2.06 bits per heavy atom. The lowest BCUT2D eigenvalue weighted by molar-refractivity contribution is -0.117. The number of nitrogens with one attached hydrogen (secondary N) is 3. The summed E-state index contributed by atoms with van der Waals surface area (Å²) in [6.07, 6.45) is 0.774. The number of carbonyl (C=O) groups excluding carboxylic acids is 1. The molecule has 0 saturated heterocycles. The lowest BCUT2D eigenvalue weighted by Gasteiger charge is -2.02. The highest BCUT2D eigenvalue weighted by atomic mass is 16.1. The number of benzene rings is 1. The van der Waals surface area contributed by atoms with Gasteiger partial charge in [0.15, 0.2) is 0 Å². The summed E-state index contributed by atoms with van der Waals surface area (Å²) in [6, 6.07) is 5.72. The first-order chi connectivity index (χ1) is 8.15. The Bertz CT molecular complexity index is 584. The third kappa shape index (κ3) is 2.94. The van der Waals surface area contributed by atoms with Gasteiger partial charge in [-0.2, -0.15) is 0 Å². The predicted molar refractivity (Wildman–Crippen MR) is 64.7 cm³/mol. The minimum Gasteiger partial charge on any atom is -0.369 e. The first-order valence-corrected chi connectivity index (χ1v) is 5.35. The lowest BCUT2D eigenvalue weighted by Crippen LogP contribution is -2.29. The van der Waals surface area contributed by atoms with Gasteiger partial charge in [-0.15, -0.1) is 0 Å². The van der Waals surface area contributed by atoms with Crippen LogP contribution in [0.3, 0.4) is 0 Å². The molecule has 0 bridgehead atoms. The first-order valence-electron chi connectivity index (χ1n) is 5.35. The van der Waals surface area contributed by atoms with Crippen molar-refractivity contribution >= 4 is 16.9 Å². The van der Waals surface area contributed by atoms with Crippen LogP contribution in [0.5, 0.6) is 0 Å². The SMILES string of the molecule is NC(=O)CNCCc1ccc2[nH]c(=O)[nH]c2c1. The van der Waals surface area contributed by atoms with Gasteiger partial charge >= 0.3 is 5.69 Å². The maximum Gasteiger partial charge on any atom is 0.323 e. The van der Waals surface area contributed by atoms with Gasteiger partial charge in [0.05, 0.1) is 17.6 Å². The Morgan fingerprint density at radius 3 is 2.82 bits per heavy atom. The van der Waals surface area contributed by atoms with E-state index >= 15 is 0 Å². The van der Waals surface area contributed by atoms with Gasteiger partial charge in [0.2, 0.25) is 5.91 Å². The predicted octanol–water partition coefficient (Wildman–Crippen LogP) is -0.526. The first kappa shape index (κ1) is 11.4. The monoisotopic (exact) mass is 234 g/mol. The van der Waals surface area contributed by atoms with Crippen LogP contribution in [-0.2, 0) is 11.2 Å². The molecule has 0 unspecified atom stereocenters. The number of imidazole rings is 1. The van der Waals surface area contributed by atoms with Crippen molar-refractivity contribution in [1.82, 2.24) is 15.3 Å². The standard InChI is InChI=1S/C11H14N4O2/c12-10(16)6-13-4-3-7-1-2-8-9(5-7)15-11(17)14-8/h1-2,5,13H,3-4,6H2,(H2,12,16)(H2,14,15,17). The molecule has 0 fully saturated rings. The van der Waals surface area contributed by atoms with Gasteiger partial charge in [0.1, 0.15) is 0 Å². The van der Waals surface area contributed by atoms with E-state index in [1.54, 1.807) is 0 Å². The number of H-pyrrole nitrogens is 2. The summed E-state index contributed by atoms with van der Waals surface area (Å²) in [5, 5.41) is 2.93. The van der Waals surface area contributed by atoms with E-state index in [-0.39, 0.29) is 18.1 Å². The molecule has 0 aliphatic rings. The van der Waals surface area contributed by atoms with Crippen molar-refractivity contribution in [3.05, 3.63) is 34.2 Å². The molecule has 0 atom stereocenters. The number of aromatic nitrogens is 2. The van der Waals surface area contributed by atoms with Crippen molar-refractivity contribution in [1.29, 1.82) is 0 Å². The number of primary amides is 1. The Labute approximate surface area is 97.2 Å². The smallest absolute Gasteiger partial charge is 0.323 e. The molecule has 0 radical (unpaired) electrons. The van der Waals surface area contributed by atoms with Crippen molar-refractivity contribution in [2.75, 3.05) is 13.1 Å². The second-order valence-corrected chi connectivity index (χ2v) is 3.85. The van der Waals surface area contributed by atoms with Gasteiger partial charge in [-0.25, -0.2) is 4.79 Å². The summed E-state index contributed by atoms with van der Waals surface area (Å²) < 4.78 is 0. The summed E-state index contributed by atoms with van der Waals surface area (Å²) in [5.74, 6) is -0.365. The molecule has 17 heavy (non-hydrogen) atoms. The zero-order valence-electron chi connectivity index (χ0n) is 9.25. The number of hydrogen-bond acceptors (Lipinski definition) is 3. The summed E-state index contributed by atoms with van der Waals surface area (Å²) in [4.78, 5) is 26.9. The van der Waals surface area contributed by atoms with Crippen LogP contribution in [0.2, 0.25) is 0 Å². The van der Waals surface area contributed by atoms with Crippen LogP contribution in [0.25, 0.3) is 11.0 Å². The number of amides is 1. The average molecular weight is 234 g/mol. The number of rotatable bonds is 5. The largest absolute Gasteiger partial charge is 0.369 e. The maximum atomic E-state index is 11.1. The maximum absolute atomic E-state index is 11.1. The summed E-state index contributed by atoms with van der Waals surface area (Å²) in [7, 11) is 0. The van der Waals surface area contributed by atoms with Crippen LogP contribution in [0.4, 0.5) is 0 Å². The molecular formula is C11H14N4O2. The van der Waals surface area contributed by atoms with Crippen LogP contribution in [-0.4, -0.2) is 29.0 Å². The van der Waals surface area contributed by atoms with Gasteiger partial charge in [0, 0.05) is 0 Å². The van der Waals surface area contributed by atoms with E-state index in [1.807, 2.05) is 18.2 Å². The zero-order valence-corrected chi connectivity index (χ0v) is 9.25. The topological polar surface area (TPSA) is 104 Å². The van der Waals surface area contributed by atoms with Crippen molar-refractivity contribution in [2.24, 2.45) is 5.73 Å². The Kier molecular flexibility index (Phi) is 3.24. The van der Waals surface area contributed by atoms with Crippen molar-refractivity contribution in [2.45, 2.75) is 6.42 Å². The Morgan fingerprint density at radius 1 is 1.29 bits per heavy atom. The minimum atomic E-state index is -0.365. The number of fused-ring (bicyclic) bond motifs is 1. The molecule has 0 aliphatic carbocycles. The molecule has 2 aromatic rings. The molecule has 0 saturated carbocycles. The van der Waals surface area contributed by atoms with Crippen LogP contribution in [0, 0.1) is 0 Å². The van der Waals surface area contributed by atoms with Crippen molar-refractivity contribution < 1.29 is 4.79 Å². The normalized spacial score (nSPS) is 10.8. The molecule has 90 valence electrons. The van der Waals surface area contributed by atoms with Gasteiger partial charge < -0.3 is 21.0 Å². The number of carbonyl (C=O) groups is 1. The van der Waals surface area contributed by atoms with Gasteiger partial charge in [-0.05, 0) is 30.7 Å². The van der Waals surface area contributed by atoms with E-state index in [4.69, 9.17) is 5.73 Å². The fourth-order valence-electron chi connectivity index (χ4n) is 1.68.